The van der Waals surface area contributed by atoms with Crippen LogP contribution in [0.25, 0.3) is 11.4 Å². The largest absolute Gasteiger partial charge is 0.496 e. The molecular formula is C29H34N6O. The van der Waals surface area contributed by atoms with Crippen molar-refractivity contribution in [2.75, 3.05) is 25.1 Å². The van der Waals surface area contributed by atoms with Gasteiger partial charge in [0.2, 0.25) is 5.82 Å². The second-order valence-electron chi connectivity index (χ2n) is 11.2. The van der Waals surface area contributed by atoms with Crippen LogP contribution in [0.5, 0.6) is 5.75 Å². The van der Waals surface area contributed by atoms with Gasteiger partial charge < -0.3 is 9.64 Å². The Balaban J connectivity index is 1.51. The molecule has 2 aromatic carbocycles. The maximum Gasteiger partial charge on any atom is 0.204 e. The van der Waals surface area contributed by atoms with Gasteiger partial charge in [-0.3, -0.25) is 0 Å². The molecule has 186 valence electrons. The third-order valence-corrected chi connectivity index (χ3v) is 7.54. The highest BCUT2D eigenvalue weighted by molar-refractivity contribution is 6.50. The topological polar surface area (TPSA) is 67.9 Å². The van der Waals surface area contributed by atoms with Gasteiger partial charge in [-0.2, -0.15) is 5.10 Å². The van der Waals surface area contributed by atoms with Crippen LogP contribution in [0.3, 0.4) is 0 Å². The quantitative estimate of drug-likeness (QED) is 0.484. The maximum absolute atomic E-state index is 5.60. The van der Waals surface area contributed by atoms with Crippen molar-refractivity contribution >= 4 is 22.8 Å². The molecule has 0 spiro atoms. The van der Waals surface area contributed by atoms with Gasteiger partial charge in [-0.25, -0.2) is 9.98 Å². The predicted octanol–water partition coefficient (Wildman–Crippen LogP) is 5.65. The van der Waals surface area contributed by atoms with Crippen LogP contribution in [-0.2, 0) is 12.8 Å². The van der Waals surface area contributed by atoms with Crippen LogP contribution in [0.15, 0.2) is 34.4 Å². The van der Waals surface area contributed by atoms with Crippen LogP contribution < -0.4 is 9.64 Å². The van der Waals surface area contributed by atoms with E-state index in [1.165, 1.54) is 48.3 Å². The highest BCUT2D eigenvalue weighted by Gasteiger charge is 2.36. The van der Waals surface area contributed by atoms with Crippen molar-refractivity contribution in [3.63, 3.8) is 0 Å². The van der Waals surface area contributed by atoms with Crippen molar-refractivity contribution in [3.05, 3.63) is 52.3 Å². The minimum Gasteiger partial charge on any atom is -0.496 e. The number of rotatable bonds is 3. The van der Waals surface area contributed by atoms with Gasteiger partial charge in [-0.05, 0) is 74.4 Å². The Morgan fingerprint density at radius 2 is 1.81 bits per heavy atom. The summed E-state index contributed by atoms with van der Waals surface area (Å²) in [7, 11) is 1.67. The van der Waals surface area contributed by atoms with Gasteiger partial charge in [0.05, 0.1) is 24.1 Å². The van der Waals surface area contributed by atoms with E-state index < -0.39 is 0 Å². The molecule has 1 aromatic heterocycles. The van der Waals surface area contributed by atoms with E-state index in [1.54, 1.807) is 11.9 Å². The average molecular weight is 483 g/mol. The Kier molecular flexibility index (Phi) is 5.28. The summed E-state index contributed by atoms with van der Waals surface area (Å²) in [5.41, 5.74) is 10.2. The first-order chi connectivity index (χ1) is 17.2. The van der Waals surface area contributed by atoms with Gasteiger partial charge in [-0.1, -0.05) is 32.4 Å². The summed E-state index contributed by atoms with van der Waals surface area (Å²) in [5, 5.41) is 9.65. The maximum atomic E-state index is 5.60. The molecule has 0 amide bonds. The molecule has 36 heavy (non-hydrogen) atoms. The third-order valence-electron chi connectivity index (χ3n) is 7.54. The van der Waals surface area contributed by atoms with E-state index in [2.05, 4.69) is 51.7 Å². The first-order valence-electron chi connectivity index (χ1n) is 13.0. The minimum absolute atomic E-state index is 0.199. The normalized spacial score (nSPS) is 17.8. The zero-order valence-electron chi connectivity index (χ0n) is 22.1. The number of methoxy groups -OCH3 is 1. The molecule has 0 unspecified atom stereocenters. The molecule has 7 heteroatoms. The highest BCUT2D eigenvalue weighted by atomic mass is 16.5. The molecule has 0 atom stereocenters. The molecule has 0 bridgehead atoms. The highest BCUT2D eigenvalue weighted by Crippen LogP contribution is 2.42. The third kappa shape index (κ3) is 3.64. The van der Waals surface area contributed by atoms with Gasteiger partial charge in [0.1, 0.15) is 11.5 Å². The zero-order chi connectivity index (χ0) is 25.2. The molecule has 0 saturated carbocycles. The van der Waals surface area contributed by atoms with E-state index in [4.69, 9.17) is 24.9 Å². The first-order valence-corrected chi connectivity index (χ1v) is 13.0. The second-order valence-corrected chi connectivity index (χ2v) is 11.2. The summed E-state index contributed by atoms with van der Waals surface area (Å²) in [5.74, 6) is 2.03. The van der Waals surface area contributed by atoms with Crippen molar-refractivity contribution < 1.29 is 4.74 Å². The lowest BCUT2D eigenvalue weighted by Crippen LogP contribution is -2.34. The summed E-state index contributed by atoms with van der Waals surface area (Å²) in [6, 6.07) is 8.35. The van der Waals surface area contributed by atoms with Crippen molar-refractivity contribution in [1.29, 1.82) is 0 Å². The Morgan fingerprint density at radius 1 is 1.03 bits per heavy atom. The van der Waals surface area contributed by atoms with Crippen LogP contribution in [0.2, 0.25) is 0 Å². The number of aromatic nitrogens is 3. The van der Waals surface area contributed by atoms with Gasteiger partial charge in [-0.15, -0.1) is 9.89 Å². The Bertz CT molecular complexity index is 1440. The molecule has 3 aliphatic rings. The number of hydrogen-bond donors (Lipinski definition) is 0. The zero-order valence-corrected chi connectivity index (χ0v) is 22.1. The van der Waals surface area contributed by atoms with Gasteiger partial charge in [0, 0.05) is 24.2 Å². The molecule has 0 radical (unpaired) electrons. The lowest BCUT2D eigenvalue weighted by Gasteiger charge is -2.38. The Morgan fingerprint density at radius 3 is 2.56 bits per heavy atom. The van der Waals surface area contributed by atoms with Crippen LogP contribution >= 0.6 is 0 Å². The summed E-state index contributed by atoms with van der Waals surface area (Å²) in [4.78, 5) is 14.5. The summed E-state index contributed by atoms with van der Waals surface area (Å²) in [6.07, 6.45) is 4.65. The van der Waals surface area contributed by atoms with Crippen LogP contribution in [0.4, 0.5) is 11.4 Å². The van der Waals surface area contributed by atoms with E-state index in [-0.39, 0.29) is 5.41 Å². The first kappa shape index (κ1) is 23.0. The smallest absolute Gasteiger partial charge is 0.204 e. The van der Waals surface area contributed by atoms with E-state index in [0.717, 1.165) is 46.8 Å². The van der Waals surface area contributed by atoms with Gasteiger partial charge in [0.15, 0.2) is 5.82 Å². The summed E-state index contributed by atoms with van der Waals surface area (Å²) >= 11 is 0. The number of aliphatic imine (C=N–C) groups is 1. The number of nitrogens with zero attached hydrogens (tertiary/aromatic N) is 6. The molecule has 3 aliphatic heterocycles. The van der Waals surface area contributed by atoms with Gasteiger partial charge >= 0.3 is 0 Å². The fourth-order valence-corrected chi connectivity index (χ4v) is 5.73. The molecule has 7 nitrogen and oxygen atoms in total. The number of anilines is 1. The Labute approximate surface area is 212 Å². The minimum atomic E-state index is -0.199. The van der Waals surface area contributed by atoms with E-state index in [1.807, 2.05) is 12.1 Å². The molecule has 6 rings (SSSR count). The van der Waals surface area contributed by atoms with Gasteiger partial charge in [0.25, 0.3) is 0 Å². The molecule has 0 saturated heterocycles. The van der Waals surface area contributed by atoms with Crippen molar-refractivity contribution in [2.24, 2.45) is 15.5 Å². The predicted molar refractivity (Wildman–Crippen MR) is 145 cm³/mol. The van der Waals surface area contributed by atoms with Crippen molar-refractivity contribution in [2.45, 2.75) is 60.3 Å². The van der Waals surface area contributed by atoms with E-state index in [0.29, 0.717) is 11.6 Å². The van der Waals surface area contributed by atoms with Crippen LogP contribution in [0.1, 0.15) is 61.7 Å². The van der Waals surface area contributed by atoms with E-state index >= 15 is 0 Å². The molecule has 0 N–H and O–H groups in total. The number of ether oxygens (including phenoxy) is 1. The van der Waals surface area contributed by atoms with Crippen molar-refractivity contribution in [1.82, 2.24) is 14.9 Å². The second kappa shape index (κ2) is 8.29. The van der Waals surface area contributed by atoms with Crippen molar-refractivity contribution in [3.8, 4) is 17.1 Å². The number of fused-ring (bicyclic) bond motifs is 1. The fourth-order valence-electron chi connectivity index (χ4n) is 5.73. The van der Waals surface area contributed by atoms with E-state index in [9.17, 15) is 0 Å². The van der Waals surface area contributed by atoms with Crippen LogP contribution in [0, 0.1) is 19.3 Å². The molecule has 4 heterocycles. The number of hydrogen-bond acceptors (Lipinski definition) is 6. The number of aryl methyl sites for hydroxylation is 2. The standard InChI is InChI=1S/C29H34N6O/c1-17-11-12-23(36-6)21(15-17)27-31-28-24(26(29(3,4)5)32-35(28)33-27)30-22-16-19-9-7-13-34-14-8-10-20(18(22)2)25(19)34/h11-12,15-16H,7-10,13-14H2,1-6H3. The summed E-state index contributed by atoms with van der Waals surface area (Å²) < 4.78 is 5.60. The van der Waals surface area contributed by atoms with Crippen LogP contribution in [-0.4, -0.2) is 46.5 Å². The fraction of sp³-hybridized carbons (Fsp3) is 0.448. The average Bonchev–Trinajstić information content (AvgIpc) is 3.41. The Hall–Kier alpha value is -3.48. The SMILES string of the molecule is COc1ccc(C)cc1-c1nc2n(n1)N=C(C(C)(C)C)C2=Nc1cc2c3c(c1C)CCCN3CCC2. The lowest BCUT2D eigenvalue weighted by atomic mass is 9.86. The molecular weight excluding hydrogens is 448 g/mol. The summed E-state index contributed by atoms with van der Waals surface area (Å²) in [6.45, 7) is 13.1. The molecule has 0 fully saturated rings. The monoisotopic (exact) mass is 482 g/mol. The lowest BCUT2D eigenvalue weighted by molar-refractivity contribution is 0.416. The number of benzene rings is 2. The molecule has 3 aromatic rings. The molecule has 0 aliphatic carbocycles.